The first-order valence-corrected chi connectivity index (χ1v) is 10.4. The predicted molar refractivity (Wildman–Crippen MR) is 123 cm³/mol. The lowest BCUT2D eigenvalue weighted by molar-refractivity contribution is -0.114. The average Bonchev–Trinajstić information content (AvgIpc) is 2.82. The summed E-state index contributed by atoms with van der Waals surface area (Å²) in [7, 11) is 1.62. The van der Waals surface area contributed by atoms with Crippen molar-refractivity contribution in [1.29, 1.82) is 0 Å². The highest BCUT2D eigenvalue weighted by molar-refractivity contribution is 5.93. The minimum absolute atomic E-state index is 0.0631. The van der Waals surface area contributed by atoms with Crippen LogP contribution < -0.4 is 9.47 Å². The van der Waals surface area contributed by atoms with Gasteiger partial charge >= 0.3 is 0 Å². The number of hydrogen-bond donors (Lipinski definition) is 0. The van der Waals surface area contributed by atoms with Crippen molar-refractivity contribution in [3.05, 3.63) is 102 Å². The Morgan fingerprint density at radius 1 is 0.871 bits per heavy atom. The number of ketones is 1. The van der Waals surface area contributed by atoms with Crippen molar-refractivity contribution in [3.63, 3.8) is 0 Å². The number of ether oxygens (including phenoxy) is 3. The molecule has 160 valence electrons. The van der Waals surface area contributed by atoms with E-state index in [0.29, 0.717) is 44.2 Å². The van der Waals surface area contributed by atoms with E-state index in [1.54, 1.807) is 19.3 Å². The molecule has 0 spiro atoms. The van der Waals surface area contributed by atoms with Gasteiger partial charge in [-0.1, -0.05) is 60.7 Å². The molecule has 3 aromatic rings. The molecular weight excluding hydrogens is 388 g/mol. The van der Waals surface area contributed by atoms with Gasteiger partial charge in [0, 0.05) is 24.7 Å². The molecule has 4 heteroatoms. The summed E-state index contributed by atoms with van der Waals surface area (Å²) in [4.78, 5) is 12.3. The smallest absolute Gasteiger partial charge is 0.155 e. The molecule has 0 aromatic heterocycles. The third-order valence-corrected chi connectivity index (χ3v) is 4.73. The molecule has 0 unspecified atom stereocenters. The Bertz CT molecular complexity index is 965. The molecule has 0 aliphatic heterocycles. The predicted octanol–water partition coefficient (Wildman–Crippen LogP) is 5.85. The van der Waals surface area contributed by atoms with Gasteiger partial charge < -0.3 is 14.2 Å². The van der Waals surface area contributed by atoms with Gasteiger partial charge in [-0.3, -0.25) is 4.79 Å². The molecule has 31 heavy (non-hydrogen) atoms. The van der Waals surface area contributed by atoms with Gasteiger partial charge in [0.15, 0.2) is 5.78 Å². The highest BCUT2D eigenvalue weighted by Gasteiger charge is 2.06. The lowest BCUT2D eigenvalue weighted by atomic mass is 10.1. The third-order valence-electron chi connectivity index (χ3n) is 4.73. The van der Waals surface area contributed by atoms with Gasteiger partial charge in [-0.05, 0) is 41.8 Å². The van der Waals surface area contributed by atoms with Crippen LogP contribution in [0.4, 0.5) is 0 Å². The first-order valence-electron chi connectivity index (χ1n) is 10.4. The van der Waals surface area contributed by atoms with E-state index in [0.717, 1.165) is 16.7 Å². The van der Waals surface area contributed by atoms with Crippen molar-refractivity contribution in [2.24, 2.45) is 0 Å². The van der Waals surface area contributed by atoms with Crippen LogP contribution in [0.15, 0.2) is 84.9 Å². The molecule has 0 radical (unpaired) electrons. The summed E-state index contributed by atoms with van der Waals surface area (Å²) in [6.07, 6.45) is 4.54. The van der Waals surface area contributed by atoms with E-state index in [9.17, 15) is 4.79 Å². The van der Waals surface area contributed by atoms with Crippen LogP contribution in [0.5, 0.6) is 11.5 Å². The normalized spacial score (nSPS) is 10.9. The Morgan fingerprint density at radius 2 is 1.55 bits per heavy atom. The molecule has 0 fully saturated rings. The highest BCUT2D eigenvalue weighted by Crippen LogP contribution is 2.27. The van der Waals surface area contributed by atoms with Crippen molar-refractivity contribution in [1.82, 2.24) is 0 Å². The number of carbonyl (C=O) groups is 1. The summed E-state index contributed by atoms with van der Waals surface area (Å²) in [5.74, 6) is 1.45. The van der Waals surface area contributed by atoms with E-state index in [1.807, 2.05) is 78.9 Å². The Kier molecular flexibility index (Phi) is 8.89. The topological polar surface area (TPSA) is 44.8 Å². The van der Waals surface area contributed by atoms with Crippen molar-refractivity contribution in [2.45, 2.75) is 26.1 Å². The van der Waals surface area contributed by atoms with E-state index in [4.69, 9.17) is 14.2 Å². The summed E-state index contributed by atoms with van der Waals surface area (Å²) in [5, 5.41) is 0. The molecule has 0 saturated heterocycles. The largest absolute Gasteiger partial charge is 0.497 e. The third kappa shape index (κ3) is 7.76. The molecule has 0 bridgehead atoms. The van der Waals surface area contributed by atoms with Crippen LogP contribution in [0.3, 0.4) is 0 Å². The molecule has 0 N–H and O–H groups in total. The summed E-state index contributed by atoms with van der Waals surface area (Å²) in [6.45, 7) is 1.57. The number of allylic oxidation sites excluding steroid dienone is 1. The molecule has 0 atom stereocenters. The van der Waals surface area contributed by atoms with E-state index < -0.39 is 0 Å². The zero-order valence-corrected chi connectivity index (χ0v) is 17.8. The van der Waals surface area contributed by atoms with Crippen molar-refractivity contribution in [2.75, 3.05) is 13.7 Å². The Morgan fingerprint density at radius 3 is 2.23 bits per heavy atom. The molecule has 0 aliphatic carbocycles. The molecule has 3 aromatic carbocycles. The second-order valence-electron chi connectivity index (χ2n) is 7.12. The number of hydrogen-bond acceptors (Lipinski definition) is 4. The highest BCUT2D eigenvalue weighted by atomic mass is 16.5. The standard InChI is InChI=1S/C27H28O4/c1-29-26-17-15-24(27(19-26)31-21-23-11-6-3-7-12-23)14-16-25(28)13-8-18-30-20-22-9-4-2-5-10-22/h2-7,9-12,14-17,19H,8,13,18,20-21H2,1H3/b16-14+. The van der Waals surface area contributed by atoms with E-state index in [2.05, 4.69) is 0 Å². The van der Waals surface area contributed by atoms with Gasteiger partial charge in [-0.25, -0.2) is 0 Å². The van der Waals surface area contributed by atoms with Crippen LogP contribution in [0.2, 0.25) is 0 Å². The van der Waals surface area contributed by atoms with Crippen LogP contribution in [0.1, 0.15) is 29.5 Å². The minimum atomic E-state index is 0.0631. The maximum atomic E-state index is 12.3. The first kappa shape index (κ1) is 22.3. The van der Waals surface area contributed by atoms with Crippen LogP contribution >= 0.6 is 0 Å². The number of rotatable bonds is 12. The molecular formula is C27H28O4. The molecule has 0 aliphatic rings. The first-order chi connectivity index (χ1) is 15.2. The zero-order valence-electron chi connectivity index (χ0n) is 17.8. The van der Waals surface area contributed by atoms with Gasteiger partial charge in [0.1, 0.15) is 18.1 Å². The zero-order chi connectivity index (χ0) is 21.7. The van der Waals surface area contributed by atoms with Crippen molar-refractivity contribution < 1.29 is 19.0 Å². The lowest BCUT2D eigenvalue weighted by Gasteiger charge is -2.11. The molecule has 0 heterocycles. The summed E-state index contributed by atoms with van der Waals surface area (Å²) in [6, 6.07) is 25.6. The maximum absolute atomic E-state index is 12.3. The van der Waals surface area contributed by atoms with E-state index >= 15 is 0 Å². The van der Waals surface area contributed by atoms with E-state index in [-0.39, 0.29) is 5.78 Å². The van der Waals surface area contributed by atoms with Crippen LogP contribution in [-0.2, 0) is 22.7 Å². The summed E-state index contributed by atoms with van der Waals surface area (Å²) < 4.78 is 16.9. The Balaban J connectivity index is 1.49. The molecule has 4 nitrogen and oxygen atoms in total. The fraction of sp³-hybridized carbons (Fsp3) is 0.222. The molecule has 0 saturated carbocycles. The second kappa shape index (κ2) is 12.4. The number of carbonyl (C=O) groups excluding carboxylic acids is 1. The fourth-order valence-corrected chi connectivity index (χ4v) is 3.02. The van der Waals surface area contributed by atoms with Crippen molar-refractivity contribution in [3.8, 4) is 11.5 Å². The minimum Gasteiger partial charge on any atom is -0.497 e. The van der Waals surface area contributed by atoms with Gasteiger partial charge in [-0.15, -0.1) is 0 Å². The van der Waals surface area contributed by atoms with Gasteiger partial charge in [0.2, 0.25) is 0 Å². The second-order valence-corrected chi connectivity index (χ2v) is 7.12. The maximum Gasteiger partial charge on any atom is 0.155 e. The summed E-state index contributed by atoms with van der Waals surface area (Å²) >= 11 is 0. The average molecular weight is 417 g/mol. The van der Waals surface area contributed by atoms with Crippen LogP contribution in [0, 0.1) is 0 Å². The van der Waals surface area contributed by atoms with Gasteiger partial charge in [0.05, 0.1) is 13.7 Å². The number of methoxy groups -OCH3 is 1. The Labute approximate surface area is 184 Å². The molecule has 3 rings (SSSR count). The van der Waals surface area contributed by atoms with Gasteiger partial charge in [-0.2, -0.15) is 0 Å². The molecule has 0 amide bonds. The SMILES string of the molecule is COc1ccc(/C=C/C(=O)CCCOCc2ccccc2)c(OCc2ccccc2)c1. The van der Waals surface area contributed by atoms with Gasteiger partial charge in [0.25, 0.3) is 0 Å². The van der Waals surface area contributed by atoms with E-state index in [1.165, 1.54) is 0 Å². The summed E-state index contributed by atoms with van der Waals surface area (Å²) in [5.41, 5.74) is 3.05. The van der Waals surface area contributed by atoms with Crippen LogP contribution in [0.25, 0.3) is 6.08 Å². The van der Waals surface area contributed by atoms with Crippen LogP contribution in [-0.4, -0.2) is 19.5 Å². The fourth-order valence-electron chi connectivity index (χ4n) is 3.02. The monoisotopic (exact) mass is 416 g/mol. The van der Waals surface area contributed by atoms with Crippen molar-refractivity contribution >= 4 is 11.9 Å². The Hall–Kier alpha value is -3.37. The lowest BCUT2D eigenvalue weighted by Crippen LogP contribution is -2.00. The quantitative estimate of drug-likeness (QED) is 0.274. The number of benzene rings is 3.